The molecule has 0 bridgehead atoms. The lowest BCUT2D eigenvalue weighted by molar-refractivity contribution is -0.116. The summed E-state index contributed by atoms with van der Waals surface area (Å²) in [6.07, 6.45) is 0. The first kappa shape index (κ1) is 15.3. The highest BCUT2D eigenvalue weighted by Crippen LogP contribution is 2.30. The summed E-state index contributed by atoms with van der Waals surface area (Å²) in [6.45, 7) is 0.0578. The molecule has 0 saturated carbocycles. The third-order valence-corrected chi connectivity index (χ3v) is 4.13. The molecular weight excluding hydrogens is 343 g/mol. The third-order valence-electron chi connectivity index (χ3n) is 3.46. The second kappa shape index (κ2) is 5.92. The maximum Gasteiger partial charge on any atom is 0.248 e. The minimum Gasteiger partial charge on any atom is -0.313 e. The highest BCUT2D eigenvalue weighted by atomic mass is 35.5. The molecule has 2 aromatic carbocycles. The largest absolute Gasteiger partial charge is 0.313 e. The van der Waals surface area contributed by atoms with Crippen LogP contribution >= 0.6 is 34.8 Å². The highest BCUT2D eigenvalue weighted by Gasteiger charge is 2.23. The maximum atomic E-state index is 12.1. The van der Waals surface area contributed by atoms with Crippen molar-refractivity contribution in [3.63, 3.8) is 0 Å². The zero-order valence-electron chi connectivity index (χ0n) is 11.6. The number of hydrogen-bond donors (Lipinski definition) is 0. The van der Waals surface area contributed by atoms with Gasteiger partial charge in [-0.3, -0.25) is 9.79 Å². The van der Waals surface area contributed by atoms with Crippen LogP contribution in [0.1, 0.15) is 11.1 Å². The molecule has 0 aliphatic carbocycles. The molecule has 0 aromatic heterocycles. The molecule has 3 nitrogen and oxygen atoms in total. The number of benzene rings is 2. The molecule has 0 atom stereocenters. The first-order chi connectivity index (χ1) is 10.5. The van der Waals surface area contributed by atoms with E-state index >= 15 is 0 Å². The average Bonchev–Trinajstić information content (AvgIpc) is 2.56. The van der Waals surface area contributed by atoms with Gasteiger partial charge in [-0.05, 0) is 36.4 Å². The molecule has 22 heavy (non-hydrogen) atoms. The number of aliphatic imine (C=N–C) groups is 1. The number of likely N-dealkylation sites (N-methyl/N-ethyl adjacent to an activating group) is 1. The van der Waals surface area contributed by atoms with Crippen molar-refractivity contribution in [3.05, 3.63) is 62.6 Å². The summed E-state index contributed by atoms with van der Waals surface area (Å²) in [5, 5.41) is 1.60. The number of nitrogens with zero attached hydrogens (tertiary/aromatic N) is 2. The number of halogens is 3. The monoisotopic (exact) mass is 352 g/mol. The first-order valence-corrected chi connectivity index (χ1v) is 7.66. The van der Waals surface area contributed by atoms with Gasteiger partial charge in [0.2, 0.25) is 5.91 Å². The van der Waals surface area contributed by atoms with Gasteiger partial charge in [-0.1, -0.05) is 34.8 Å². The lowest BCUT2D eigenvalue weighted by Gasteiger charge is -2.18. The molecule has 3 rings (SSSR count). The van der Waals surface area contributed by atoms with Crippen LogP contribution in [0.3, 0.4) is 0 Å². The summed E-state index contributed by atoms with van der Waals surface area (Å²) in [5.74, 6) is -0.0910. The van der Waals surface area contributed by atoms with Crippen molar-refractivity contribution in [1.29, 1.82) is 0 Å². The predicted octanol–water partition coefficient (Wildman–Crippen LogP) is 4.46. The van der Waals surface area contributed by atoms with Gasteiger partial charge in [0.05, 0.1) is 11.4 Å². The highest BCUT2D eigenvalue weighted by molar-refractivity contribution is 6.36. The Morgan fingerprint density at radius 2 is 1.68 bits per heavy atom. The van der Waals surface area contributed by atoms with Crippen LogP contribution in [0.2, 0.25) is 15.1 Å². The molecule has 2 aromatic rings. The van der Waals surface area contributed by atoms with E-state index in [1.54, 1.807) is 42.3 Å². The Balaban J connectivity index is 2.25. The molecule has 0 saturated heterocycles. The van der Waals surface area contributed by atoms with Crippen LogP contribution in [0.15, 0.2) is 41.4 Å². The number of hydrogen-bond acceptors (Lipinski definition) is 2. The minimum atomic E-state index is -0.0910. The molecular formula is C16H11Cl3N2O. The fraction of sp³-hybridized carbons (Fsp3) is 0.125. The molecule has 6 heteroatoms. The topological polar surface area (TPSA) is 32.7 Å². The molecule has 112 valence electrons. The zero-order chi connectivity index (χ0) is 15.9. The fourth-order valence-corrected chi connectivity index (χ4v) is 3.10. The molecule has 1 aliphatic rings. The quantitative estimate of drug-likeness (QED) is 0.745. The van der Waals surface area contributed by atoms with Crippen LogP contribution < -0.4 is 4.90 Å². The number of benzodiazepines with no additional fused rings is 1. The van der Waals surface area contributed by atoms with Gasteiger partial charge in [0.1, 0.15) is 6.54 Å². The normalized spacial score (nSPS) is 14.5. The van der Waals surface area contributed by atoms with E-state index in [0.29, 0.717) is 20.8 Å². The van der Waals surface area contributed by atoms with Crippen molar-refractivity contribution in [2.75, 3.05) is 18.5 Å². The summed E-state index contributed by atoms with van der Waals surface area (Å²) in [4.78, 5) is 18.1. The minimum absolute atomic E-state index is 0.0578. The van der Waals surface area contributed by atoms with Crippen molar-refractivity contribution < 1.29 is 4.79 Å². The Kier molecular flexibility index (Phi) is 4.13. The van der Waals surface area contributed by atoms with Crippen molar-refractivity contribution in [3.8, 4) is 0 Å². The lowest BCUT2D eigenvalue weighted by Crippen LogP contribution is -2.27. The first-order valence-electron chi connectivity index (χ1n) is 6.53. The number of anilines is 1. The number of rotatable bonds is 1. The third kappa shape index (κ3) is 2.84. The van der Waals surface area contributed by atoms with Gasteiger partial charge in [-0.15, -0.1) is 0 Å². The standard InChI is InChI=1S/C16H11Cl3N2O/c1-21-14-3-2-10(17)7-13(14)16(20-8-15(21)22)9-4-11(18)6-12(19)5-9/h2-7H,8H2,1H3. The maximum absolute atomic E-state index is 12.1. The predicted molar refractivity (Wildman–Crippen MR) is 91.8 cm³/mol. The zero-order valence-corrected chi connectivity index (χ0v) is 13.9. The molecule has 0 unspecified atom stereocenters. The van der Waals surface area contributed by atoms with Gasteiger partial charge in [-0.25, -0.2) is 0 Å². The van der Waals surface area contributed by atoms with Gasteiger partial charge in [-0.2, -0.15) is 0 Å². The summed E-state index contributed by atoms with van der Waals surface area (Å²) in [6, 6.07) is 10.5. The Hall–Kier alpha value is -1.55. The van der Waals surface area contributed by atoms with E-state index in [1.807, 2.05) is 6.07 Å². The number of fused-ring (bicyclic) bond motifs is 1. The molecule has 1 aliphatic heterocycles. The average molecular weight is 354 g/mol. The van der Waals surface area contributed by atoms with Gasteiger partial charge in [0.25, 0.3) is 0 Å². The van der Waals surface area contributed by atoms with E-state index in [2.05, 4.69) is 4.99 Å². The Morgan fingerprint density at radius 3 is 2.36 bits per heavy atom. The molecule has 0 spiro atoms. The van der Waals surface area contributed by atoms with E-state index in [9.17, 15) is 4.79 Å². The van der Waals surface area contributed by atoms with Crippen LogP contribution in [-0.2, 0) is 4.79 Å². The van der Waals surface area contributed by atoms with E-state index in [4.69, 9.17) is 34.8 Å². The Labute approximate surface area is 143 Å². The lowest BCUT2D eigenvalue weighted by atomic mass is 10.0. The van der Waals surface area contributed by atoms with E-state index < -0.39 is 0 Å². The summed E-state index contributed by atoms with van der Waals surface area (Å²) in [7, 11) is 1.72. The fourth-order valence-electron chi connectivity index (χ4n) is 2.40. The molecule has 0 radical (unpaired) electrons. The molecule has 1 heterocycles. The van der Waals surface area contributed by atoms with Crippen LogP contribution in [-0.4, -0.2) is 25.2 Å². The van der Waals surface area contributed by atoms with Crippen molar-refractivity contribution in [2.24, 2.45) is 4.99 Å². The van der Waals surface area contributed by atoms with Crippen molar-refractivity contribution >= 4 is 52.1 Å². The smallest absolute Gasteiger partial charge is 0.248 e. The SMILES string of the molecule is CN1C(=O)CN=C(c2cc(Cl)cc(Cl)c2)c2cc(Cl)ccc21. The van der Waals surface area contributed by atoms with E-state index in [0.717, 1.165) is 16.8 Å². The number of carbonyl (C=O) groups excluding carboxylic acids is 1. The van der Waals surface area contributed by atoms with Crippen molar-refractivity contribution in [2.45, 2.75) is 0 Å². The van der Waals surface area contributed by atoms with Crippen LogP contribution in [0.4, 0.5) is 5.69 Å². The summed E-state index contributed by atoms with van der Waals surface area (Å²) < 4.78 is 0. The van der Waals surface area contributed by atoms with Gasteiger partial charge >= 0.3 is 0 Å². The van der Waals surface area contributed by atoms with Gasteiger partial charge in [0, 0.05) is 33.2 Å². The van der Waals surface area contributed by atoms with Crippen LogP contribution in [0.5, 0.6) is 0 Å². The Morgan fingerprint density at radius 1 is 1.00 bits per heavy atom. The number of amides is 1. The van der Waals surface area contributed by atoms with Gasteiger partial charge in [0.15, 0.2) is 0 Å². The summed E-state index contributed by atoms with van der Waals surface area (Å²) in [5.41, 5.74) is 2.93. The molecule has 0 N–H and O–H groups in total. The molecule has 0 fully saturated rings. The second-order valence-electron chi connectivity index (χ2n) is 4.94. The van der Waals surface area contributed by atoms with Crippen molar-refractivity contribution in [1.82, 2.24) is 0 Å². The van der Waals surface area contributed by atoms with Crippen LogP contribution in [0.25, 0.3) is 0 Å². The number of carbonyl (C=O) groups is 1. The second-order valence-corrected chi connectivity index (χ2v) is 6.25. The van der Waals surface area contributed by atoms with E-state index in [1.165, 1.54) is 0 Å². The van der Waals surface area contributed by atoms with Crippen LogP contribution in [0, 0.1) is 0 Å². The molecule has 1 amide bonds. The van der Waals surface area contributed by atoms with Gasteiger partial charge < -0.3 is 4.90 Å². The van der Waals surface area contributed by atoms with E-state index in [-0.39, 0.29) is 12.5 Å². The summed E-state index contributed by atoms with van der Waals surface area (Å²) >= 11 is 18.3. The Bertz CT molecular complexity index is 782.